The second-order valence-electron chi connectivity index (χ2n) is 3.90. The summed E-state index contributed by atoms with van der Waals surface area (Å²) >= 11 is 17.6. The minimum Gasteiger partial charge on any atom is -0.487 e. The first-order chi connectivity index (χ1) is 9.11. The van der Waals surface area contributed by atoms with Crippen molar-refractivity contribution >= 4 is 34.8 Å². The monoisotopic (exact) mass is 318 g/mol. The number of alkyl halides is 1. The normalized spacial score (nSPS) is 10.5. The lowest BCUT2D eigenvalue weighted by Crippen LogP contribution is -1.98. The van der Waals surface area contributed by atoms with E-state index in [0.717, 1.165) is 5.56 Å². The average Bonchev–Trinajstić information content (AvgIpc) is 2.41. The van der Waals surface area contributed by atoms with E-state index in [2.05, 4.69) is 0 Å². The highest BCUT2D eigenvalue weighted by Crippen LogP contribution is 2.28. The molecule has 0 bridgehead atoms. The first-order valence-electron chi connectivity index (χ1n) is 5.52. The zero-order valence-electron chi connectivity index (χ0n) is 9.80. The van der Waals surface area contributed by atoms with Gasteiger partial charge < -0.3 is 4.74 Å². The Morgan fingerprint density at radius 2 is 1.89 bits per heavy atom. The van der Waals surface area contributed by atoms with Crippen LogP contribution in [0.4, 0.5) is 4.39 Å². The summed E-state index contributed by atoms with van der Waals surface area (Å²) < 4.78 is 18.8. The van der Waals surface area contributed by atoms with Crippen LogP contribution in [0.25, 0.3) is 0 Å². The van der Waals surface area contributed by atoms with Crippen LogP contribution in [0.1, 0.15) is 11.1 Å². The lowest BCUT2D eigenvalue weighted by atomic mass is 10.2. The Hall–Kier alpha value is -0.960. The summed E-state index contributed by atoms with van der Waals surface area (Å²) in [5.74, 6) is 0.428. The molecule has 0 radical (unpaired) electrons. The van der Waals surface area contributed by atoms with Crippen molar-refractivity contribution in [2.75, 3.05) is 0 Å². The van der Waals surface area contributed by atoms with Gasteiger partial charge >= 0.3 is 0 Å². The van der Waals surface area contributed by atoms with Crippen molar-refractivity contribution < 1.29 is 9.13 Å². The number of benzene rings is 2. The van der Waals surface area contributed by atoms with Gasteiger partial charge in [0.15, 0.2) is 0 Å². The van der Waals surface area contributed by atoms with Gasteiger partial charge in [-0.15, -0.1) is 11.6 Å². The fourth-order valence-electron chi connectivity index (χ4n) is 1.56. The van der Waals surface area contributed by atoms with E-state index in [4.69, 9.17) is 39.5 Å². The first kappa shape index (κ1) is 14.4. The van der Waals surface area contributed by atoms with Gasteiger partial charge in [-0.1, -0.05) is 41.4 Å². The molecule has 2 aromatic carbocycles. The minimum atomic E-state index is -0.466. The molecule has 0 atom stereocenters. The predicted octanol–water partition coefficient (Wildman–Crippen LogP) is 5.45. The maximum atomic E-state index is 13.3. The zero-order chi connectivity index (χ0) is 13.8. The number of rotatable bonds is 4. The Bertz CT molecular complexity index is 587. The van der Waals surface area contributed by atoms with E-state index in [1.54, 1.807) is 24.3 Å². The van der Waals surface area contributed by atoms with E-state index in [1.807, 2.05) is 6.07 Å². The van der Waals surface area contributed by atoms with Gasteiger partial charge in [0.2, 0.25) is 0 Å². The second-order valence-corrected chi connectivity index (χ2v) is 4.95. The van der Waals surface area contributed by atoms with Crippen molar-refractivity contribution in [1.29, 1.82) is 0 Å². The minimum absolute atomic E-state index is 0.0657. The van der Waals surface area contributed by atoms with Crippen LogP contribution in [0.2, 0.25) is 10.0 Å². The Balaban J connectivity index is 2.12. The summed E-state index contributed by atoms with van der Waals surface area (Å²) in [7, 11) is 0. The predicted molar refractivity (Wildman–Crippen MR) is 76.8 cm³/mol. The summed E-state index contributed by atoms with van der Waals surface area (Å²) in [5, 5.41) is 0.529. The Morgan fingerprint density at radius 1 is 1.11 bits per heavy atom. The molecule has 2 rings (SSSR count). The maximum absolute atomic E-state index is 13.3. The van der Waals surface area contributed by atoms with Crippen molar-refractivity contribution in [2.24, 2.45) is 0 Å². The molecular formula is C14H10Cl3FO. The molecule has 100 valence electrons. The van der Waals surface area contributed by atoms with Crippen molar-refractivity contribution in [3.63, 3.8) is 0 Å². The molecule has 1 nitrogen and oxygen atoms in total. The second kappa shape index (κ2) is 6.47. The molecule has 0 heterocycles. The molecule has 19 heavy (non-hydrogen) atoms. The largest absolute Gasteiger partial charge is 0.487 e. The molecular weight excluding hydrogens is 310 g/mol. The molecule has 2 aromatic rings. The highest BCUT2D eigenvalue weighted by Gasteiger charge is 2.08. The fourth-order valence-corrected chi connectivity index (χ4v) is 2.16. The number of hydrogen-bond donors (Lipinski definition) is 0. The summed E-state index contributed by atoms with van der Waals surface area (Å²) in [6.45, 7) is 0.149. The molecule has 0 amide bonds. The third-order valence-corrected chi connectivity index (χ3v) is 3.59. The SMILES string of the molecule is Fc1cccc(COc2ccc(CCl)cc2Cl)c1Cl. The van der Waals surface area contributed by atoms with Crippen LogP contribution in [0.3, 0.4) is 0 Å². The summed E-state index contributed by atoms with van der Waals surface area (Å²) in [6.07, 6.45) is 0. The van der Waals surface area contributed by atoms with Crippen molar-refractivity contribution in [1.82, 2.24) is 0 Å². The lowest BCUT2D eigenvalue weighted by molar-refractivity contribution is 0.306. The van der Waals surface area contributed by atoms with Crippen LogP contribution < -0.4 is 4.74 Å². The quantitative estimate of drug-likeness (QED) is 0.681. The third kappa shape index (κ3) is 3.53. The number of hydrogen-bond acceptors (Lipinski definition) is 1. The Morgan fingerprint density at radius 3 is 2.58 bits per heavy atom. The maximum Gasteiger partial charge on any atom is 0.142 e. The van der Waals surface area contributed by atoms with Crippen LogP contribution in [0.15, 0.2) is 36.4 Å². The van der Waals surface area contributed by atoms with Gasteiger partial charge in [-0.2, -0.15) is 0 Å². The average molecular weight is 320 g/mol. The van der Waals surface area contributed by atoms with Crippen LogP contribution in [0, 0.1) is 5.82 Å². The van der Waals surface area contributed by atoms with E-state index in [-0.39, 0.29) is 11.6 Å². The van der Waals surface area contributed by atoms with Gasteiger partial charge in [0.05, 0.1) is 10.0 Å². The molecule has 0 unspecified atom stereocenters. The van der Waals surface area contributed by atoms with Crippen molar-refractivity contribution in [2.45, 2.75) is 12.5 Å². The molecule has 0 aliphatic carbocycles. The van der Waals surface area contributed by atoms with Gasteiger partial charge in [-0.05, 0) is 23.8 Å². The standard InChI is InChI=1S/C14H10Cl3FO/c15-7-9-4-5-13(11(16)6-9)19-8-10-2-1-3-12(18)14(10)17/h1-6H,7-8H2. The highest BCUT2D eigenvalue weighted by molar-refractivity contribution is 6.32. The molecule has 0 aliphatic heterocycles. The van der Waals surface area contributed by atoms with E-state index in [9.17, 15) is 4.39 Å². The first-order valence-corrected chi connectivity index (χ1v) is 6.81. The zero-order valence-corrected chi connectivity index (χ0v) is 12.1. The number of ether oxygens (including phenoxy) is 1. The fraction of sp³-hybridized carbons (Fsp3) is 0.143. The lowest BCUT2D eigenvalue weighted by Gasteiger charge is -2.10. The Kier molecular flexibility index (Phi) is 4.92. The van der Waals surface area contributed by atoms with Crippen LogP contribution in [0.5, 0.6) is 5.75 Å². The van der Waals surface area contributed by atoms with Crippen molar-refractivity contribution in [3.8, 4) is 5.75 Å². The van der Waals surface area contributed by atoms with Gasteiger partial charge in [-0.25, -0.2) is 4.39 Å². The van der Waals surface area contributed by atoms with Gasteiger partial charge in [-0.3, -0.25) is 0 Å². The highest BCUT2D eigenvalue weighted by atomic mass is 35.5. The van der Waals surface area contributed by atoms with Crippen molar-refractivity contribution in [3.05, 3.63) is 63.4 Å². The van der Waals surface area contributed by atoms with Gasteiger partial charge in [0.1, 0.15) is 18.2 Å². The van der Waals surface area contributed by atoms with E-state index in [0.29, 0.717) is 22.2 Å². The molecule has 0 spiro atoms. The smallest absolute Gasteiger partial charge is 0.142 e. The molecule has 0 aliphatic rings. The molecule has 0 aromatic heterocycles. The van der Waals surface area contributed by atoms with Gasteiger partial charge in [0.25, 0.3) is 0 Å². The molecule has 5 heteroatoms. The molecule has 0 saturated heterocycles. The molecule has 0 fully saturated rings. The summed E-state index contributed by atoms with van der Waals surface area (Å²) in [6, 6.07) is 9.87. The van der Waals surface area contributed by atoms with E-state index in [1.165, 1.54) is 6.07 Å². The Labute approximate surface area is 125 Å². The number of halogens is 4. The molecule has 0 saturated carbocycles. The van der Waals surface area contributed by atoms with Gasteiger partial charge in [0, 0.05) is 11.4 Å². The van der Waals surface area contributed by atoms with Crippen LogP contribution >= 0.6 is 34.8 Å². The third-order valence-electron chi connectivity index (χ3n) is 2.57. The van der Waals surface area contributed by atoms with Crippen LogP contribution in [-0.4, -0.2) is 0 Å². The van der Waals surface area contributed by atoms with E-state index >= 15 is 0 Å². The van der Waals surface area contributed by atoms with E-state index < -0.39 is 5.82 Å². The van der Waals surface area contributed by atoms with Crippen LogP contribution in [-0.2, 0) is 12.5 Å². The summed E-state index contributed by atoms with van der Waals surface area (Å²) in [4.78, 5) is 0. The topological polar surface area (TPSA) is 9.23 Å². The molecule has 0 N–H and O–H groups in total. The summed E-state index contributed by atoms with van der Waals surface area (Å²) in [5.41, 5.74) is 1.47.